The molecule has 2 rings (SSSR count). The summed E-state index contributed by atoms with van der Waals surface area (Å²) in [5, 5.41) is 0. The lowest BCUT2D eigenvalue weighted by molar-refractivity contribution is 0.221. The quantitative estimate of drug-likeness (QED) is 0.841. The van der Waals surface area contributed by atoms with Gasteiger partial charge in [0.25, 0.3) is 0 Å². The van der Waals surface area contributed by atoms with Crippen molar-refractivity contribution in [1.82, 2.24) is 4.90 Å². The van der Waals surface area contributed by atoms with E-state index in [9.17, 15) is 8.78 Å². The molecule has 1 aliphatic rings. The van der Waals surface area contributed by atoms with Gasteiger partial charge in [0, 0.05) is 23.9 Å². The highest BCUT2D eigenvalue weighted by Gasteiger charge is 2.21. The van der Waals surface area contributed by atoms with Gasteiger partial charge in [-0.1, -0.05) is 0 Å². The molecule has 1 aromatic rings. The minimum absolute atomic E-state index is 0.0628. The van der Waals surface area contributed by atoms with Crippen LogP contribution in [0.4, 0.5) is 14.5 Å². The second kappa shape index (κ2) is 5.52. The van der Waals surface area contributed by atoms with E-state index in [2.05, 4.69) is 11.9 Å². The molecule has 0 bridgehead atoms. The van der Waals surface area contributed by atoms with E-state index < -0.39 is 11.6 Å². The molecule has 0 spiro atoms. The SMILES string of the molecule is CN1CCCC1CCOc1c(F)cc(N)cc1F. The van der Waals surface area contributed by atoms with Crippen LogP contribution in [0.5, 0.6) is 5.75 Å². The number of nitrogens with two attached hydrogens (primary N) is 1. The fourth-order valence-electron chi connectivity index (χ4n) is 2.36. The molecule has 1 saturated heterocycles. The first-order valence-corrected chi connectivity index (χ1v) is 6.15. The molecule has 100 valence electrons. The fraction of sp³-hybridized carbons (Fsp3) is 0.538. The van der Waals surface area contributed by atoms with Crippen LogP contribution in [-0.4, -0.2) is 31.1 Å². The number of likely N-dealkylation sites (tertiary alicyclic amines) is 1. The molecule has 0 amide bonds. The number of halogens is 2. The topological polar surface area (TPSA) is 38.5 Å². The Hall–Kier alpha value is -1.36. The normalized spacial score (nSPS) is 20.3. The number of nitrogens with zero attached hydrogens (tertiary/aromatic N) is 1. The predicted octanol–water partition coefficient (Wildman–Crippen LogP) is 2.41. The van der Waals surface area contributed by atoms with Crippen molar-refractivity contribution in [3.05, 3.63) is 23.8 Å². The van der Waals surface area contributed by atoms with Gasteiger partial charge in [0.05, 0.1) is 6.61 Å². The van der Waals surface area contributed by atoms with Crippen molar-refractivity contribution >= 4 is 5.69 Å². The largest absolute Gasteiger partial charge is 0.488 e. The molecular formula is C13H18F2N2O. The lowest BCUT2D eigenvalue weighted by Crippen LogP contribution is -2.26. The van der Waals surface area contributed by atoms with Crippen LogP contribution in [0.25, 0.3) is 0 Å². The summed E-state index contributed by atoms with van der Waals surface area (Å²) >= 11 is 0. The second-order valence-electron chi connectivity index (χ2n) is 4.73. The van der Waals surface area contributed by atoms with Gasteiger partial charge in [0.15, 0.2) is 17.4 Å². The standard InChI is InChI=1S/C13H18F2N2O/c1-17-5-2-3-10(17)4-6-18-13-11(14)7-9(16)8-12(13)15/h7-8,10H,2-6,16H2,1H3. The number of nitrogen functional groups attached to an aromatic ring is 1. The van der Waals surface area contributed by atoms with Crippen molar-refractivity contribution < 1.29 is 13.5 Å². The third-order valence-electron chi connectivity index (χ3n) is 3.39. The molecule has 1 fully saturated rings. The molecule has 18 heavy (non-hydrogen) atoms. The average molecular weight is 256 g/mol. The molecule has 1 aromatic carbocycles. The first-order valence-electron chi connectivity index (χ1n) is 6.15. The average Bonchev–Trinajstić information content (AvgIpc) is 2.68. The van der Waals surface area contributed by atoms with Crippen LogP contribution in [0.3, 0.4) is 0 Å². The Balaban J connectivity index is 1.90. The van der Waals surface area contributed by atoms with Crippen LogP contribution in [0, 0.1) is 11.6 Å². The molecule has 1 heterocycles. The van der Waals surface area contributed by atoms with Gasteiger partial charge in [0.1, 0.15) is 0 Å². The van der Waals surface area contributed by atoms with E-state index in [0.29, 0.717) is 12.6 Å². The first-order chi connectivity index (χ1) is 8.58. The van der Waals surface area contributed by atoms with Crippen LogP contribution < -0.4 is 10.5 Å². The van der Waals surface area contributed by atoms with Crippen molar-refractivity contribution in [2.45, 2.75) is 25.3 Å². The van der Waals surface area contributed by atoms with Crippen molar-refractivity contribution in [2.75, 3.05) is 25.9 Å². The Labute approximate surface area is 106 Å². The number of rotatable bonds is 4. The molecule has 1 atom stereocenters. The number of hydrogen-bond donors (Lipinski definition) is 1. The summed E-state index contributed by atoms with van der Waals surface area (Å²) < 4.78 is 32.1. The van der Waals surface area contributed by atoms with E-state index in [1.165, 1.54) is 6.42 Å². The monoisotopic (exact) mass is 256 g/mol. The fourth-order valence-corrected chi connectivity index (χ4v) is 2.36. The molecule has 1 aliphatic heterocycles. The van der Waals surface area contributed by atoms with Crippen molar-refractivity contribution in [3.63, 3.8) is 0 Å². The Morgan fingerprint density at radius 3 is 2.61 bits per heavy atom. The lowest BCUT2D eigenvalue weighted by atomic mass is 10.1. The van der Waals surface area contributed by atoms with E-state index in [1.54, 1.807) is 0 Å². The highest BCUT2D eigenvalue weighted by molar-refractivity contribution is 5.44. The maximum Gasteiger partial charge on any atom is 0.190 e. The Morgan fingerprint density at radius 1 is 1.39 bits per heavy atom. The highest BCUT2D eigenvalue weighted by atomic mass is 19.1. The molecule has 0 aliphatic carbocycles. The van der Waals surface area contributed by atoms with Gasteiger partial charge in [-0.05, 0) is 32.9 Å². The smallest absolute Gasteiger partial charge is 0.190 e. The number of ether oxygens (including phenoxy) is 1. The van der Waals surface area contributed by atoms with E-state index in [1.807, 2.05) is 0 Å². The van der Waals surface area contributed by atoms with Gasteiger partial charge in [-0.25, -0.2) is 8.78 Å². The predicted molar refractivity (Wildman–Crippen MR) is 66.5 cm³/mol. The molecule has 2 N–H and O–H groups in total. The van der Waals surface area contributed by atoms with Crippen LogP contribution >= 0.6 is 0 Å². The van der Waals surface area contributed by atoms with Crippen LogP contribution in [0.2, 0.25) is 0 Å². The lowest BCUT2D eigenvalue weighted by Gasteiger charge is -2.19. The van der Waals surface area contributed by atoms with Crippen LogP contribution in [0.15, 0.2) is 12.1 Å². The van der Waals surface area contributed by atoms with Gasteiger partial charge in [-0.3, -0.25) is 0 Å². The van der Waals surface area contributed by atoms with Gasteiger partial charge < -0.3 is 15.4 Å². The summed E-state index contributed by atoms with van der Waals surface area (Å²) in [7, 11) is 2.06. The third kappa shape index (κ3) is 2.90. The van der Waals surface area contributed by atoms with Crippen LogP contribution in [-0.2, 0) is 0 Å². The van der Waals surface area contributed by atoms with E-state index >= 15 is 0 Å². The maximum absolute atomic E-state index is 13.4. The van der Waals surface area contributed by atoms with Gasteiger partial charge in [-0.2, -0.15) is 0 Å². The minimum atomic E-state index is -0.743. The Bertz CT molecular complexity index is 402. The summed E-state index contributed by atoms with van der Waals surface area (Å²) in [4.78, 5) is 2.25. The van der Waals surface area contributed by atoms with E-state index in [4.69, 9.17) is 10.5 Å². The van der Waals surface area contributed by atoms with Crippen molar-refractivity contribution in [2.24, 2.45) is 0 Å². The first kappa shape index (κ1) is 13.1. The summed E-state index contributed by atoms with van der Waals surface area (Å²) in [5.74, 6) is -1.82. The molecule has 3 nitrogen and oxygen atoms in total. The molecular weight excluding hydrogens is 238 g/mol. The van der Waals surface area contributed by atoms with Crippen molar-refractivity contribution in [3.8, 4) is 5.75 Å². The zero-order chi connectivity index (χ0) is 13.1. The van der Waals surface area contributed by atoms with E-state index in [0.717, 1.165) is 31.5 Å². The van der Waals surface area contributed by atoms with Gasteiger partial charge >= 0.3 is 0 Å². The number of anilines is 1. The molecule has 0 radical (unpaired) electrons. The Kier molecular flexibility index (Phi) is 4.01. The number of benzene rings is 1. The third-order valence-corrected chi connectivity index (χ3v) is 3.39. The second-order valence-corrected chi connectivity index (χ2v) is 4.73. The zero-order valence-corrected chi connectivity index (χ0v) is 10.5. The van der Waals surface area contributed by atoms with Crippen LogP contribution in [0.1, 0.15) is 19.3 Å². The Morgan fingerprint density at radius 2 is 2.06 bits per heavy atom. The maximum atomic E-state index is 13.4. The highest BCUT2D eigenvalue weighted by Crippen LogP contribution is 2.25. The summed E-state index contributed by atoms with van der Waals surface area (Å²) in [5.41, 5.74) is 5.40. The molecule has 1 unspecified atom stereocenters. The molecule has 0 saturated carbocycles. The summed E-state index contributed by atoms with van der Waals surface area (Å²) in [6.45, 7) is 1.39. The molecule has 5 heteroatoms. The summed E-state index contributed by atoms with van der Waals surface area (Å²) in [6, 6.07) is 2.59. The summed E-state index contributed by atoms with van der Waals surface area (Å²) in [6.07, 6.45) is 3.07. The minimum Gasteiger partial charge on any atom is -0.488 e. The number of hydrogen-bond acceptors (Lipinski definition) is 3. The van der Waals surface area contributed by atoms with Gasteiger partial charge in [0.2, 0.25) is 0 Å². The van der Waals surface area contributed by atoms with E-state index in [-0.39, 0.29) is 11.4 Å². The molecule has 0 aromatic heterocycles. The van der Waals surface area contributed by atoms with Gasteiger partial charge in [-0.15, -0.1) is 0 Å². The van der Waals surface area contributed by atoms with Crippen molar-refractivity contribution in [1.29, 1.82) is 0 Å². The zero-order valence-electron chi connectivity index (χ0n) is 10.5.